The van der Waals surface area contributed by atoms with Crippen LogP contribution >= 0.6 is 0 Å². The zero-order chi connectivity index (χ0) is 28.9. The molecule has 40 heavy (non-hydrogen) atoms. The van der Waals surface area contributed by atoms with Crippen LogP contribution < -0.4 is 0 Å². The normalized spacial score (nSPS) is 54.3. The van der Waals surface area contributed by atoms with E-state index in [1.807, 2.05) is 0 Å². The van der Waals surface area contributed by atoms with Crippen molar-refractivity contribution in [1.29, 1.82) is 0 Å². The Hall–Kier alpha value is -0.570. The van der Waals surface area contributed by atoms with Gasteiger partial charge in [-0.3, -0.25) is 0 Å². The predicted molar refractivity (Wildman–Crippen MR) is 163 cm³/mol. The molecule has 228 valence electrons. The quantitative estimate of drug-likeness (QED) is 0.346. The van der Waals surface area contributed by atoms with Crippen LogP contribution in [0.1, 0.15) is 152 Å². The smallest absolute Gasteiger partial charge is 0.338 e. The van der Waals surface area contributed by atoms with Crippen molar-refractivity contribution in [1.82, 2.24) is 0 Å². The van der Waals surface area contributed by atoms with E-state index in [1.165, 1.54) is 44.9 Å². The summed E-state index contributed by atoms with van der Waals surface area (Å²) < 4.78 is 6.28. The minimum absolute atomic E-state index is 0.00344. The molecule has 0 aromatic rings. The lowest BCUT2D eigenvalue weighted by Gasteiger charge is -2.75. The molecular formula is C37H62O3. The molecule has 6 rings (SSSR count). The summed E-state index contributed by atoms with van der Waals surface area (Å²) in [6, 6.07) is 0. The van der Waals surface area contributed by atoms with E-state index in [2.05, 4.69) is 55.4 Å². The van der Waals surface area contributed by atoms with E-state index < -0.39 is 11.0 Å². The fourth-order valence-corrected chi connectivity index (χ4v) is 13.4. The van der Waals surface area contributed by atoms with Gasteiger partial charge in [0.25, 0.3) is 0 Å². The summed E-state index contributed by atoms with van der Waals surface area (Å²) in [7, 11) is 0. The average Bonchev–Trinajstić information content (AvgIpc) is 2.90. The first-order chi connectivity index (χ1) is 18.6. The van der Waals surface area contributed by atoms with Crippen LogP contribution in [0.25, 0.3) is 0 Å². The van der Waals surface area contributed by atoms with E-state index in [0.717, 1.165) is 68.6 Å². The highest BCUT2D eigenvalue weighted by Gasteiger charge is 2.75. The third-order valence-corrected chi connectivity index (χ3v) is 16.3. The molecule has 1 N–H and O–H groups in total. The number of hydrogen-bond donors (Lipinski definition) is 1. The SMILES string of the molecule is C[C@@H]1[C@H]2[C@H]3CC[C@@H]4[C@]5(C)[C@@H](CC[C@@]4(C)[C@]3(C)CC[C@@]2(C)CC[C@H]1C)C(C)(C)CCC5(O)C(=O)OC1CCCCC1. The summed E-state index contributed by atoms with van der Waals surface area (Å²) in [6.45, 7) is 20.2. The Balaban J connectivity index is 1.39. The summed E-state index contributed by atoms with van der Waals surface area (Å²) in [6.07, 6.45) is 17.2. The van der Waals surface area contributed by atoms with Crippen LogP contribution in [-0.4, -0.2) is 22.8 Å². The molecule has 11 atom stereocenters. The van der Waals surface area contributed by atoms with Crippen molar-refractivity contribution in [3.05, 3.63) is 0 Å². The van der Waals surface area contributed by atoms with E-state index >= 15 is 0 Å². The number of carbonyl (C=O) groups excluding carboxylic acids is 1. The molecule has 0 bridgehead atoms. The van der Waals surface area contributed by atoms with E-state index in [4.69, 9.17) is 4.74 Å². The lowest BCUT2D eigenvalue weighted by Crippen LogP contribution is -2.73. The van der Waals surface area contributed by atoms with Crippen LogP contribution in [0, 0.1) is 62.6 Å². The molecule has 0 aromatic carbocycles. The van der Waals surface area contributed by atoms with Crippen molar-refractivity contribution in [3.63, 3.8) is 0 Å². The molecule has 0 spiro atoms. The zero-order valence-electron chi connectivity index (χ0n) is 27.4. The fraction of sp³-hybridized carbons (Fsp3) is 0.973. The van der Waals surface area contributed by atoms with Crippen LogP contribution in [0.5, 0.6) is 0 Å². The van der Waals surface area contributed by atoms with Crippen molar-refractivity contribution in [2.24, 2.45) is 62.6 Å². The summed E-state index contributed by atoms with van der Waals surface area (Å²) in [5.41, 5.74) is -0.824. The van der Waals surface area contributed by atoms with E-state index in [9.17, 15) is 9.90 Å². The number of aliphatic hydroxyl groups is 1. The van der Waals surface area contributed by atoms with Gasteiger partial charge in [-0.05, 0) is 147 Å². The van der Waals surface area contributed by atoms with Gasteiger partial charge in [-0.25, -0.2) is 4.79 Å². The zero-order valence-corrected chi connectivity index (χ0v) is 27.4. The van der Waals surface area contributed by atoms with Gasteiger partial charge < -0.3 is 9.84 Å². The van der Waals surface area contributed by atoms with Gasteiger partial charge in [0.1, 0.15) is 6.10 Å². The molecule has 0 aliphatic heterocycles. The van der Waals surface area contributed by atoms with Crippen molar-refractivity contribution >= 4 is 5.97 Å². The summed E-state index contributed by atoms with van der Waals surface area (Å²) in [5.74, 6) is 3.58. The second-order valence-electron chi connectivity index (χ2n) is 18.0. The maximum absolute atomic E-state index is 14.2. The minimum Gasteiger partial charge on any atom is -0.460 e. The lowest BCUT2D eigenvalue weighted by molar-refractivity contribution is -0.293. The monoisotopic (exact) mass is 554 g/mol. The number of hydrogen-bond acceptors (Lipinski definition) is 3. The van der Waals surface area contributed by atoms with Crippen molar-refractivity contribution < 1.29 is 14.6 Å². The molecule has 0 heterocycles. The molecule has 0 radical (unpaired) electrons. The molecule has 6 saturated carbocycles. The maximum atomic E-state index is 14.2. The Morgan fingerprint density at radius 3 is 2.10 bits per heavy atom. The van der Waals surface area contributed by atoms with Crippen LogP contribution in [0.15, 0.2) is 0 Å². The Labute approximate surface area is 246 Å². The average molecular weight is 555 g/mol. The van der Waals surface area contributed by atoms with Crippen LogP contribution in [0.4, 0.5) is 0 Å². The molecule has 0 aromatic heterocycles. The van der Waals surface area contributed by atoms with Gasteiger partial charge in [0, 0.05) is 5.41 Å². The van der Waals surface area contributed by atoms with E-state index in [1.54, 1.807) is 0 Å². The summed E-state index contributed by atoms with van der Waals surface area (Å²) in [4.78, 5) is 14.2. The molecule has 3 nitrogen and oxygen atoms in total. The summed E-state index contributed by atoms with van der Waals surface area (Å²) >= 11 is 0. The molecular weight excluding hydrogens is 492 g/mol. The molecule has 1 unspecified atom stereocenters. The first-order valence-electron chi connectivity index (χ1n) is 17.6. The Bertz CT molecular complexity index is 997. The molecule has 0 saturated heterocycles. The number of esters is 1. The maximum Gasteiger partial charge on any atom is 0.338 e. The van der Waals surface area contributed by atoms with Gasteiger partial charge in [0.15, 0.2) is 5.60 Å². The number of ether oxygens (including phenoxy) is 1. The topological polar surface area (TPSA) is 46.5 Å². The van der Waals surface area contributed by atoms with Crippen molar-refractivity contribution in [2.75, 3.05) is 0 Å². The predicted octanol–water partition coefficient (Wildman–Crippen LogP) is 9.35. The molecule has 6 aliphatic rings. The van der Waals surface area contributed by atoms with Gasteiger partial charge in [-0.15, -0.1) is 0 Å². The van der Waals surface area contributed by atoms with Crippen LogP contribution in [-0.2, 0) is 9.53 Å². The second-order valence-corrected chi connectivity index (χ2v) is 18.0. The van der Waals surface area contributed by atoms with Crippen molar-refractivity contribution in [2.45, 2.75) is 163 Å². The largest absolute Gasteiger partial charge is 0.460 e. The van der Waals surface area contributed by atoms with E-state index in [0.29, 0.717) is 23.7 Å². The molecule has 0 amide bonds. The third kappa shape index (κ3) is 3.79. The van der Waals surface area contributed by atoms with Gasteiger partial charge in [0.05, 0.1) is 0 Å². The molecule has 6 aliphatic carbocycles. The lowest BCUT2D eigenvalue weighted by atomic mass is 9.30. The molecule has 3 heteroatoms. The Morgan fingerprint density at radius 2 is 1.40 bits per heavy atom. The Kier molecular flexibility index (Phi) is 6.98. The van der Waals surface area contributed by atoms with Gasteiger partial charge in [-0.2, -0.15) is 0 Å². The number of fused-ring (bicyclic) bond motifs is 7. The van der Waals surface area contributed by atoms with Gasteiger partial charge >= 0.3 is 5.97 Å². The van der Waals surface area contributed by atoms with E-state index in [-0.39, 0.29) is 28.3 Å². The third-order valence-electron chi connectivity index (χ3n) is 16.3. The number of rotatable bonds is 2. The highest BCUT2D eigenvalue weighted by molar-refractivity contribution is 5.81. The van der Waals surface area contributed by atoms with Crippen molar-refractivity contribution in [3.8, 4) is 0 Å². The van der Waals surface area contributed by atoms with Crippen LogP contribution in [0.2, 0.25) is 0 Å². The molecule has 6 fully saturated rings. The standard InChI is InChI=1S/C37H62O3/c1-24-16-18-33(5)21-22-34(6)27(30(33)25(24)2)14-15-29-35(34,7)19-17-28-32(3,4)20-23-37(39,36(28,29)8)31(38)40-26-12-10-9-11-13-26/h24-30,39H,9-23H2,1-8H3/t24-,25+,27-,28+,29+,30+,33-,34-,35-,36+,37?/m1/s1. The van der Waals surface area contributed by atoms with Gasteiger partial charge in [-0.1, -0.05) is 61.8 Å². The Morgan fingerprint density at radius 1 is 0.700 bits per heavy atom. The highest BCUT2D eigenvalue weighted by Crippen LogP contribution is 2.78. The number of carbonyl (C=O) groups is 1. The fourth-order valence-electron chi connectivity index (χ4n) is 13.4. The first-order valence-corrected chi connectivity index (χ1v) is 17.6. The van der Waals surface area contributed by atoms with Crippen LogP contribution in [0.3, 0.4) is 0 Å². The minimum atomic E-state index is -1.38. The highest BCUT2D eigenvalue weighted by atomic mass is 16.6. The van der Waals surface area contributed by atoms with Gasteiger partial charge in [0.2, 0.25) is 0 Å². The first kappa shape index (κ1) is 29.5. The second kappa shape index (κ2) is 9.46. The summed E-state index contributed by atoms with van der Waals surface area (Å²) in [5, 5.41) is 12.8.